The molecule has 170 valence electrons. The molecule has 1 aliphatic heterocycles. The molecule has 0 bridgehead atoms. The third-order valence-electron chi connectivity index (χ3n) is 4.99. The Hall–Kier alpha value is -1.46. The normalized spacial score (nSPS) is 16.1. The average Bonchev–Trinajstić information content (AvgIpc) is 2.82. The second kappa shape index (κ2) is 12.7. The minimum Gasteiger partial charge on any atom is -0.493 e. The van der Waals surface area contributed by atoms with Gasteiger partial charge in [0.15, 0.2) is 0 Å². The van der Waals surface area contributed by atoms with Crippen LogP contribution in [0.2, 0.25) is 10.0 Å². The van der Waals surface area contributed by atoms with E-state index in [2.05, 4.69) is 49.4 Å². The number of anilines is 1. The molecule has 1 aliphatic rings. The highest BCUT2D eigenvalue weighted by Gasteiger charge is 2.13. The summed E-state index contributed by atoms with van der Waals surface area (Å²) in [6.45, 7) is 10.2. The van der Waals surface area contributed by atoms with Crippen molar-refractivity contribution < 1.29 is 4.74 Å². The number of halogens is 2. The van der Waals surface area contributed by atoms with Crippen LogP contribution in [0.5, 0.6) is 0 Å². The van der Waals surface area contributed by atoms with E-state index in [0.717, 1.165) is 69.1 Å². The highest BCUT2D eigenvalue weighted by atomic mass is 35.5. The van der Waals surface area contributed by atoms with E-state index in [9.17, 15) is 0 Å². The molecular weight excluding hydrogens is 477 g/mol. The number of allylic oxidation sites excluding steroid dienone is 2. The van der Waals surface area contributed by atoms with Crippen LogP contribution in [0.3, 0.4) is 0 Å². The number of benzene rings is 2. The summed E-state index contributed by atoms with van der Waals surface area (Å²) < 4.78 is 6.16. The molecule has 0 unspecified atom stereocenters. The lowest BCUT2D eigenvalue weighted by Crippen LogP contribution is -2.02. The Morgan fingerprint density at radius 2 is 2.00 bits per heavy atom. The summed E-state index contributed by atoms with van der Waals surface area (Å²) in [6, 6.07) is 11.9. The molecule has 2 aromatic carbocycles. The van der Waals surface area contributed by atoms with Crippen LogP contribution in [-0.2, 0) is 4.74 Å². The van der Waals surface area contributed by atoms with Crippen molar-refractivity contribution in [1.29, 1.82) is 0 Å². The second-order valence-corrected chi connectivity index (χ2v) is 10.5. The first-order valence-electron chi connectivity index (χ1n) is 10.8. The largest absolute Gasteiger partial charge is 0.493 e. The number of fused-ring (bicyclic) bond motifs is 1. The zero-order valence-corrected chi connectivity index (χ0v) is 21.7. The Kier molecular flexibility index (Phi) is 9.98. The molecule has 32 heavy (non-hydrogen) atoms. The molecule has 0 spiro atoms. The molecule has 2 aromatic rings. The highest BCUT2D eigenvalue weighted by molar-refractivity contribution is 8.03. The number of nitrogens with one attached hydrogen (secondary N) is 1. The van der Waals surface area contributed by atoms with Crippen LogP contribution in [0.15, 0.2) is 80.5 Å². The number of unbranched alkanes of at least 4 members (excludes halogenated alkanes) is 1. The quantitative estimate of drug-likeness (QED) is 0.229. The van der Waals surface area contributed by atoms with Gasteiger partial charge >= 0.3 is 0 Å². The van der Waals surface area contributed by atoms with Gasteiger partial charge in [0.2, 0.25) is 0 Å². The maximum absolute atomic E-state index is 6.19. The van der Waals surface area contributed by atoms with Crippen molar-refractivity contribution in [3.8, 4) is 0 Å². The summed E-state index contributed by atoms with van der Waals surface area (Å²) in [4.78, 5) is 3.34. The van der Waals surface area contributed by atoms with Crippen molar-refractivity contribution >= 4 is 52.4 Å². The Morgan fingerprint density at radius 1 is 1.22 bits per heavy atom. The number of hydrogen-bond acceptors (Lipinski definition) is 4. The van der Waals surface area contributed by atoms with Crippen LogP contribution in [-0.4, -0.2) is 13.2 Å². The van der Waals surface area contributed by atoms with Crippen LogP contribution in [0.1, 0.15) is 38.2 Å². The van der Waals surface area contributed by atoms with Crippen molar-refractivity contribution in [2.24, 2.45) is 0 Å². The van der Waals surface area contributed by atoms with E-state index in [4.69, 9.17) is 27.9 Å². The molecule has 0 saturated carbocycles. The first-order valence-corrected chi connectivity index (χ1v) is 13.3. The Morgan fingerprint density at radius 3 is 2.78 bits per heavy atom. The number of ether oxygens (including phenoxy) is 1. The fourth-order valence-electron chi connectivity index (χ4n) is 3.20. The SMILES string of the molecule is C=C1Sc2ccc(Cl)cc2NCCC/C1=C/C(=C\Sc1ccc(Cl)cc1C)OCCCC. The van der Waals surface area contributed by atoms with Gasteiger partial charge in [0.1, 0.15) is 5.76 Å². The average molecular weight is 507 g/mol. The molecule has 0 fully saturated rings. The van der Waals surface area contributed by atoms with Crippen molar-refractivity contribution in [3.05, 3.63) is 86.3 Å². The lowest BCUT2D eigenvalue weighted by atomic mass is 10.1. The van der Waals surface area contributed by atoms with Gasteiger partial charge in [0.05, 0.1) is 6.61 Å². The summed E-state index contributed by atoms with van der Waals surface area (Å²) in [5.74, 6) is 0.873. The van der Waals surface area contributed by atoms with Gasteiger partial charge in [-0.3, -0.25) is 0 Å². The maximum atomic E-state index is 6.19. The molecule has 3 rings (SSSR count). The van der Waals surface area contributed by atoms with E-state index >= 15 is 0 Å². The molecule has 1 heterocycles. The number of hydrogen-bond donors (Lipinski definition) is 1. The van der Waals surface area contributed by atoms with Crippen LogP contribution in [0.4, 0.5) is 5.69 Å². The van der Waals surface area contributed by atoms with Gasteiger partial charge < -0.3 is 10.1 Å². The van der Waals surface area contributed by atoms with E-state index in [1.165, 1.54) is 10.5 Å². The maximum Gasteiger partial charge on any atom is 0.126 e. The lowest BCUT2D eigenvalue weighted by molar-refractivity contribution is 0.220. The minimum absolute atomic E-state index is 0.703. The van der Waals surface area contributed by atoms with Gasteiger partial charge in [0, 0.05) is 42.4 Å². The minimum atomic E-state index is 0.703. The number of rotatable bonds is 7. The van der Waals surface area contributed by atoms with Gasteiger partial charge in [-0.25, -0.2) is 0 Å². The highest BCUT2D eigenvalue weighted by Crippen LogP contribution is 2.39. The zero-order valence-electron chi connectivity index (χ0n) is 18.5. The van der Waals surface area contributed by atoms with Crippen molar-refractivity contribution in [3.63, 3.8) is 0 Å². The molecule has 0 aromatic heterocycles. The fourth-order valence-corrected chi connectivity index (χ4v) is 5.31. The van der Waals surface area contributed by atoms with Gasteiger partial charge in [0.25, 0.3) is 0 Å². The molecular formula is C26H29Cl2NOS2. The molecule has 0 aliphatic carbocycles. The van der Waals surface area contributed by atoms with Gasteiger partial charge in [-0.15, -0.1) is 0 Å². The van der Waals surface area contributed by atoms with Crippen LogP contribution in [0.25, 0.3) is 0 Å². The monoisotopic (exact) mass is 505 g/mol. The van der Waals surface area contributed by atoms with Gasteiger partial charge in [-0.05, 0) is 79.8 Å². The first-order chi connectivity index (χ1) is 15.5. The smallest absolute Gasteiger partial charge is 0.126 e. The van der Waals surface area contributed by atoms with E-state index < -0.39 is 0 Å². The Bertz CT molecular complexity index is 1020. The standard InChI is InChI=1S/C26H29Cl2NOS2/c1-4-5-13-30-23(17-31-25-10-8-21(27)14-18(25)2)15-20-7-6-12-29-24-16-22(28)9-11-26(24)32-19(20)3/h8-11,14-17,29H,3-7,12-13H2,1-2H3/b20-15-,23-17+. The second-order valence-electron chi connectivity index (χ2n) is 7.62. The molecule has 0 atom stereocenters. The van der Waals surface area contributed by atoms with E-state index in [-0.39, 0.29) is 0 Å². The first kappa shape index (κ1) is 25.2. The predicted octanol–water partition coefficient (Wildman–Crippen LogP) is 9.49. The van der Waals surface area contributed by atoms with Crippen LogP contribution < -0.4 is 5.32 Å². The lowest BCUT2D eigenvalue weighted by Gasteiger charge is -2.13. The van der Waals surface area contributed by atoms with E-state index in [1.54, 1.807) is 23.5 Å². The third kappa shape index (κ3) is 7.55. The van der Waals surface area contributed by atoms with E-state index in [1.807, 2.05) is 24.3 Å². The van der Waals surface area contributed by atoms with Gasteiger partial charge in [-0.2, -0.15) is 0 Å². The molecule has 0 saturated heterocycles. The molecule has 0 radical (unpaired) electrons. The molecule has 6 heteroatoms. The topological polar surface area (TPSA) is 21.3 Å². The van der Waals surface area contributed by atoms with Crippen LogP contribution >= 0.6 is 46.7 Å². The molecule has 2 nitrogen and oxygen atoms in total. The Labute approximate surface area is 210 Å². The molecule has 1 N–H and O–H groups in total. The fraction of sp³-hybridized carbons (Fsp3) is 0.308. The summed E-state index contributed by atoms with van der Waals surface area (Å²) in [5.41, 5.74) is 3.42. The predicted molar refractivity (Wildman–Crippen MR) is 143 cm³/mol. The van der Waals surface area contributed by atoms with Crippen molar-refractivity contribution in [2.75, 3.05) is 18.5 Å². The summed E-state index contributed by atoms with van der Waals surface area (Å²) >= 11 is 15.6. The molecule has 0 amide bonds. The summed E-state index contributed by atoms with van der Waals surface area (Å²) in [6.07, 6.45) is 6.21. The van der Waals surface area contributed by atoms with Crippen molar-refractivity contribution in [2.45, 2.75) is 49.3 Å². The number of thioether (sulfide) groups is 2. The summed E-state index contributed by atoms with van der Waals surface area (Å²) in [7, 11) is 0. The van der Waals surface area contributed by atoms with Gasteiger partial charge in [-0.1, -0.05) is 66.6 Å². The van der Waals surface area contributed by atoms with Crippen LogP contribution in [0, 0.1) is 6.92 Å². The van der Waals surface area contributed by atoms with Crippen molar-refractivity contribution in [1.82, 2.24) is 0 Å². The zero-order chi connectivity index (χ0) is 22.9. The van der Waals surface area contributed by atoms with E-state index in [0.29, 0.717) is 6.61 Å². The Balaban J connectivity index is 1.85. The third-order valence-corrected chi connectivity index (χ3v) is 7.61. The summed E-state index contributed by atoms with van der Waals surface area (Å²) in [5, 5.41) is 7.09. The number of aryl methyl sites for hydroxylation is 1.